The van der Waals surface area contributed by atoms with E-state index >= 15 is 0 Å². The predicted octanol–water partition coefficient (Wildman–Crippen LogP) is 1.16. The molecule has 1 aromatic heterocycles. The molecule has 2 aromatic rings. The SMILES string of the molecule is Cc1cc(C)c2c(oc(=O)n2C)c1N1CCNCC1. The number of aryl methyl sites for hydroxylation is 3. The molecule has 1 fully saturated rings. The number of fused-ring (bicyclic) bond motifs is 1. The van der Waals surface area contributed by atoms with Gasteiger partial charge in [-0.15, -0.1) is 0 Å². The highest BCUT2D eigenvalue weighted by Crippen LogP contribution is 2.32. The summed E-state index contributed by atoms with van der Waals surface area (Å²) in [5.74, 6) is -0.292. The minimum atomic E-state index is -0.292. The summed E-state index contributed by atoms with van der Waals surface area (Å²) < 4.78 is 7.08. The van der Waals surface area contributed by atoms with Crippen molar-refractivity contribution in [1.29, 1.82) is 0 Å². The number of hydrogen-bond acceptors (Lipinski definition) is 4. The molecule has 0 bridgehead atoms. The van der Waals surface area contributed by atoms with Gasteiger partial charge in [-0.05, 0) is 25.0 Å². The quantitative estimate of drug-likeness (QED) is 0.837. The highest BCUT2D eigenvalue weighted by atomic mass is 16.4. The first-order chi connectivity index (χ1) is 9.09. The summed E-state index contributed by atoms with van der Waals surface area (Å²) in [4.78, 5) is 14.1. The van der Waals surface area contributed by atoms with E-state index in [1.54, 1.807) is 11.6 Å². The molecular formula is C14H19N3O2. The minimum Gasteiger partial charge on any atom is -0.405 e. The van der Waals surface area contributed by atoms with Crippen molar-refractivity contribution in [1.82, 2.24) is 9.88 Å². The lowest BCUT2D eigenvalue weighted by Gasteiger charge is -2.30. The van der Waals surface area contributed by atoms with E-state index in [9.17, 15) is 4.79 Å². The highest BCUT2D eigenvalue weighted by Gasteiger charge is 2.21. The fourth-order valence-electron chi connectivity index (χ4n) is 2.97. The van der Waals surface area contributed by atoms with Gasteiger partial charge in [-0.2, -0.15) is 0 Å². The van der Waals surface area contributed by atoms with Gasteiger partial charge in [-0.1, -0.05) is 6.07 Å². The van der Waals surface area contributed by atoms with E-state index < -0.39 is 0 Å². The monoisotopic (exact) mass is 261 g/mol. The molecule has 1 aliphatic heterocycles. The van der Waals surface area contributed by atoms with Crippen molar-refractivity contribution in [3.8, 4) is 0 Å². The van der Waals surface area contributed by atoms with Gasteiger partial charge in [0.2, 0.25) is 0 Å². The van der Waals surface area contributed by atoms with Crippen molar-refractivity contribution >= 4 is 16.8 Å². The molecule has 0 amide bonds. The second kappa shape index (κ2) is 4.42. The molecule has 0 unspecified atom stereocenters. The van der Waals surface area contributed by atoms with Gasteiger partial charge in [-0.25, -0.2) is 4.79 Å². The number of hydrogen-bond donors (Lipinski definition) is 1. The predicted molar refractivity (Wildman–Crippen MR) is 76.0 cm³/mol. The second-order valence-corrected chi connectivity index (χ2v) is 5.20. The molecular weight excluding hydrogens is 242 g/mol. The zero-order chi connectivity index (χ0) is 13.6. The highest BCUT2D eigenvalue weighted by molar-refractivity contribution is 5.91. The van der Waals surface area contributed by atoms with Crippen LogP contribution >= 0.6 is 0 Å². The lowest BCUT2D eigenvalue weighted by molar-refractivity contribution is 0.524. The van der Waals surface area contributed by atoms with Crippen LogP contribution in [0.15, 0.2) is 15.3 Å². The Balaban J connectivity index is 2.28. The molecule has 0 saturated carbocycles. The zero-order valence-electron chi connectivity index (χ0n) is 11.6. The van der Waals surface area contributed by atoms with Gasteiger partial charge in [0.25, 0.3) is 0 Å². The first-order valence-electron chi connectivity index (χ1n) is 6.65. The van der Waals surface area contributed by atoms with Crippen LogP contribution in [0.3, 0.4) is 0 Å². The molecule has 0 atom stereocenters. The van der Waals surface area contributed by atoms with E-state index in [2.05, 4.69) is 23.2 Å². The van der Waals surface area contributed by atoms with Crippen molar-refractivity contribution in [2.45, 2.75) is 13.8 Å². The van der Waals surface area contributed by atoms with E-state index in [0.717, 1.165) is 48.5 Å². The number of anilines is 1. The average molecular weight is 261 g/mol. The van der Waals surface area contributed by atoms with Crippen molar-refractivity contribution in [2.24, 2.45) is 7.05 Å². The molecule has 102 valence electrons. The molecule has 2 heterocycles. The molecule has 3 rings (SSSR count). The maximum absolute atomic E-state index is 11.8. The van der Waals surface area contributed by atoms with Crippen LogP contribution in [0.2, 0.25) is 0 Å². The molecule has 1 aliphatic rings. The van der Waals surface area contributed by atoms with Crippen LogP contribution in [0.5, 0.6) is 0 Å². The van der Waals surface area contributed by atoms with Crippen LogP contribution in [-0.4, -0.2) is 30.7 Å². The summed E-state index contributed by atoms with van der Waals surface area (Å²) in [6.07, 6.45) is 0. The Bertz CT molecular complexity index is 678. The number of nitrogens with one attached hydrogen (secondary N) is 1. The Morgan fingerprint density at radius 1 is 1.21 bits per heavy atom. The van der Waals surface area contributed by atoms with Gasteiger partial charge in [0.15, 0.2) is 5.58 Å². The lowest BCUT2D eigenvalue weighted by Crippen LogP contribution is -2.43. The Morgan fingerprint density at radius 2 is 1.89 bits per heavy atom. The average Bonchev–Trinajstić information content (AvgIpc) is 2.67. The molecule has 19 heavy (non-hydrogen) atoms. The number of nitrogens with zero attached hydrogens (tertiary/aromatic N) is 2. The number of piperazine rings is 1. The topological polar surface area (TPSA) is 50.4 Å². The van der Waals surface area contributed by atoms with Crippen LogP contribution < -0.4 is 16.0 Å². The van der Waals surface area contributed by atoms with Crippen molar-refractivity contribution in [3.63, 3.8) is 0 Å². The maximum atomic E-state index is 11.8. The first-order valence-corrected chi connectivity index (χ1v) is 6.65. The summed E-state index contributed by atoms with van der Waals surface area (Å²) in [6.45, 7) is 7.91. The van der Waals surface area contributed by atoms with E-state index in [0.29, 0.717) is 0 Å². The number of oxazole rings is 1. The molecule has 1 aromatic carbocycles. The van der Waals surface area contributed by atoms with E-state index in [4.69, 9.17) is 4.42 Å². The molecule has 0 aliphatic carbocycles. The maximum Gasteiger partial charge on any atom is 0.419 e. The second-order valence-electron chi connectivity index (χ2n) is 5.20. The zero-order valence-corrected chi connectivity index (χ0v) is 11.6. The molecule has 1 N–H and O–H groups in total. The van der Waals surface area contributed by atoms with Gasteiger partial charge in [0.05, 0.1) is 11.2 Å². The largest absolute Gasteiger partial charge is 0.419 e. The third-order valence-corrected chi connectivity index (χ3v) is 3.84. The number of aromatic nitrogens is 1. The summed E-state index contributed by atoms with van der Waals surface area (Å²) >= 11 is 0. The van der Waals surface area contributed by atoms with Crippen LogP contribution in [0.1, 0.15) is 11.1 Å². The van der Waals surface area contributed by atoms with Gasteiger partial charge < -0.3 is 14.6 Å². The molecule has 5 heteroatoms. The van der Waals surface area contributed by atoms with Crippen LogP contribution in [0, 0.1) is 13.8 Å². The van der Waals surface area contributed by atoms with Gasteiger partial charge in [0, 0.05) is 33.2 Å². The first kappa shape index (κ1) is 12.3. The summed E-state index contributed by atoms with van der Waals surface area (Å²) in [5, 5.41) is 3.34. The number of rotatable bonds is 1. The third-order valence-electron chi connectivity index (χ3n) is 3.84. The Hall–Kier alpha value is -1.75. The van der Waals surface area contributed by atoms with Crippen LogP contribution in [-0.2, 0) is 7.05 Å². The number of benzene rings is 1. The summed E-state index contributed by atoms with van der Waals surface area (Å²) in [7, 11) is 1.76. The fraction of sp³-hybridized carbons (Fsp3) is 0.500. The smallest absolute Gasteiger partial charge is 0.405 e. The van der Waals surface area contributed by atoms with E-state index in [1.165, 1.54) is 5.56 Å². The van der Waals surface area contributed by atoms with Crippen molar-refractivity contribution in [2.75, 3.05) is 31.1 Å². The van der Waals surface area contributed by atoms with Crippen molar-refractivity contribution < 1.29 is 4.42 Å². The van der Waals surface area contributed by atoms with Gasteiger partial charge in [-0.3, -0.25) is 4.57 Å². The summed E-state index contributed by atoms with van der Waals surface area (Å²) in [5.41, 5.74) is 4.96. The molecule has 5 nitrogen and oxygen atoms in total. The lowest BCUT2D eigenvalue weighted by atomic mass is 10.1. The Kier molecular flexibility index (Phi) is 2.86. The normalized spacial score (nSPS) is 16.3. The molecule has 1 saturated heterocycles. The van der Waals surface area contributed by atoms with Crippen LogP contribution in [0.4, 0.5) is 5.69 Å². The van der Waals surface area contributed by atoms with Gasteiger partial charge in [0.1, 0.15) is 0 Å². The Morgan fingerprint density at radius 3 is 2.58 bits per heavy atom. The molecule has 0 radical (unpaired) electrons. The molecule has 0 spiro atoms. The fourth-order valence-corrected chi connectivity index (χ4v) is 2.97. The summed E-state index contributed by atoms with van der Waals surface area (Å²) in [6, 6.07) is 2.13. The Labute approximate surface area is 111 Å². The van der Waals surface area contributed by atoms with Crippen molar-refractivity contribution in [3.05, 3.63) is 27.7 Å². The van der Waals surface area contributed by atoms with Crippen LogP contribution in [0.25, 0.3) is 11.1 Å². The third kappa shape index (κ3) is 1.85. The van der Waals surface area contributed by atoms with E-state index in [-0.39, 0.29) is 5.76 Å². The standard InChI is InChI=1S/C14H19N3O2/c1-9-8-10(2)12(17-6-4-15-5-7-17)13-11(9)16(3)14(18)19-13/h8,15H,4-7H2,1-3H3. The minimum absolute atomic E-state index is 0.292. The van der Waals surface area contributed by atoms with E-state index in [1.807, 2.05) is 6.92 Å². The van der Waals surface area contributed by atoms with Gasteiger partial charge >= 0.3 is 5.76 Å².